The van der Waals surface area contributed by atoms with Gasteiger partial charge in [-0.25, -0.2) is 9.37 Å². The van der Waals surface area contributed by atoms with Crippen LogP contribution in [0.3, 0.4) is 0 Å². The van der Waals surface area contributed by atoms with Crippen LogP contribution in [0.4, 0.5) is 4.39 Å². The second-order valence-electron chi connectivity index (χ2n) is 8.84. The Kier molecular flexibility index (Phi) is 6.54. The average Bonchev–Trinajstić information content (AvgIpc) is 3.25. The maximum Gasteiger partial charge on any atom is 0.254 e. The minimum atomic E-state index is -0.338. The number of fused-ring (bicyclic) bond motifs is 1. The number of aryl methyl sites for hydroxylation is 1. The van der Waals surface area contributed by atoms with Crippen LogP contribution in [0.25, 0.3) is 22.2 Å². The van der Waals surface area contributed by atoms with Gasteiger partial charge in [-0.2, -0.15) is 5.10 Å². The Morgan fingerprint density at radius 3 is 2.57 bits per heavy atom. The first-order chi connectivity index (χ1) is 16.9. The van der Waals surface area contributed by atoms with Crippen LogP contribution in [0.2, 0.25) is 5.02 Å². The molecule has 35 heavy (non-hydrogen) atoms. The fourth-order valence-corrected chi connectivity index (χ4v) is 4.90. The number of rotatable bonds is 5. The van der Waals surface area contributed by atoms with E-state index in [1.807, 2.05) is 53.0 Å². The van der Waals surface area contributed by atoms with Gasteiger partial charge in [0, 0.05) is 60.9 Å². The minimum Gasteiger partial charge on any atom is -0.336 e. The maximum absolute atomic E-state index is 13.7. The number of halogens is 2. The fraction of sp³-hybridized carbons (Fsp3) is 0.296. The van der Waals surface area contributed by atoms with Crippen LogP contribution in [0.1, 0.15) is 28.5 Å². The van der Waals surface area contributed by atoms with Crippen molar-refractivity contribution < 1.29 is 9.18 Å². The van der Waals surface area contributed by atoms with Crippen molar-refractivity contribution in [1.29, 1.82) is 0 Å². The number of piperazine rings is 1. The summed E-state index contributed by atoms with van der Waals surface area (Å²) in [5, 5.41) is 5.74. The summed E-state index contributed by atoms with van der Waals surface area (Å²) in [4.78, 5) is 22.7. The summed E-state index contributed by atoms with van der Waals surface area (Å²) in [6, 6.07) is 14.2. The van der Waals surface area contributed by atoms with E-state index in [9.17, 15) is 9.18 Å². The van der Waals surface area contributed by atoms with E-state index >= 15 is 0 Å². The number of nitrogens with zero attached hydrogens (tertiary/aromatic N) is 5. The van der Waals surface area contributed by atoms with E-state index in [0.717, 1.165) is 53.1 Å². The number of carbonyl (C=O) groups is 1. The Hall–Kier alpha value is -3.29. The van der Waals surface area contributed by atoms with Crippen LogP contribution in [-0.4, -0.2) is 56.7 Å². The monoisotopic (exact) mass is 491 g/mol. The van der Waals surface area contributed by atoms with Crippen LogP contribution in [0.5, 0.6) is 0 Å². The Balaban J connectivity index is 1.38. The van der Waals surface area contributed by atoms with Gasteiger partial charge in [0.2, 0.25) is 0 Å². The van der Waals surface area contributed by atoms with Crippen molar-refractivity contribution in [3.8, 4) is 11.3 Å². The molecule has 2 aromatic heterocycles. The normalized spacial score (nSPS) is 14.6. The average molecular weight is 492 g/mol. The smallest absolute Gasteiger partial charge is 0.254 e. The minimum absolute atomic E-state index is 0.00449. The summed E-state index contributed by atoms with van der Waals surface area (Å²) in [5.74, 6) is -0.333. The topological polar surface area (TPSA) is 54.3 Å². The predicted molar refractivity (Wildman–Crippen MR) is 136 cm³/mol. The van der Waals surface area contributed by atoms with Crippen LogP contribution >= 0.6 is 11.6 Å². The molecule has 8 heteroatoms. The first-order valence-corrected chi connectivity index (χ1v) is 12.2. The van der Waals surface area contributed by atoms with Crippen molar-refractivity contribution in [1.82, 2.24) is 24.6 Å². The van der Waals surface area contributed by atoms with E-state index in [4.69, 9.17) is 16.6 Å². The molecular formula is C27H27ClFN5O. The van der Waals surface area contributed by atoms with Gasteiger partial charge in [-0.1, -0.05) is 35.9 Å². The first-order valence-electron chi connectivity index (χ1n) is 11.8. The number of benzene rings is 2. The van der Waals surface area contributed by atoms with Gasteiger partial charge in [-0.05, 0) is 43.7 Å². The summed E-state index contributed by atoms with van der Waals surface area (Å²) in [7, 11) is 0. The molecule has 5 rings (SSSR count). The molecule has 0 N–H and O–H groups in total. The molecule has 1 amide bonds. The van der Waals surface area contributed by atoms with Gasteiger partial charge in [0.05, 0.1) is 23.0 Å². The number of para-hydroxylation sites is 1. The van der Waals surface area contributed by atoms with Crippen LogP contribution in [-0.2, 0) is 13.1 Å². The molecule has 0 saturated carbocycles. The number of hydrogen-bond donors (Lipinski definition) is 0. The van der Waals surface area contributed by atoms with Crippen molar-refractivity contribution in [2.45, 2.75) is 26.9 Å². The third-order valence-corrected chi connectivity index (χ3v) is 7.05. The molecule has 1 saturated heterocycles. The first kappa shape index (κ1) is 23.5. The van der Waals surface area contributed by atoms with E-state index in [1.165, 1.54) is 12.1 Å². The lowest BCUT2D eigenvalue weighted by molar-refractivity contribution is 0.0630. The van der Waals surface area contributed by atoms with Crippen LogP contribution < -0.4 is 0 Å². The number of pyridine rings is 1. The van der Waals surface area contributed by atoms with Crippen molar-refractivity contribution in [2.75, 3.05) is 26.2 Å². The predicted octanol–water partition coefficient (Wildman–Crippen LogP) is 5.18. The SMILES string of the molecule is CCn1ncc(-c2cc(C(=O)N3CCN(Cc4ccc(F)cc4Cl)CC3)c3ccccc3n2)c1C. The molecule has 3 heterocycles. The molecule has 0 aliphatic carbocycles. The lowest BCUT2D eigenvalue weighted by atomic mass is 10.0. The van der Waals surface area contributed by atoms with Gasteiger partial charge >= 0.3 is 0 Å². The second-order valence-corrected chi connectivity index (χ2v) is 9.24. The van der Waals surface area contributed by atoms with E-state index in [-0.39, 0.29) is 11.7 Å². The van der Waals surface area contributed by atoms with Gasteiger partial charge in [0.15, 0.2) is 0 Å². The van der Waals surface area contributed by atoms with Gasteiger partial charge in [0.25, 0.3) is 5.91 Å². The Morgan fingerprint density at radius 2 is 1.86 bits per heavy atom. The Labute approximate surface area is 208 Å². The molecular weight excluding hydrogens is 465 g/mol. The van der Waals surface area contributed by atoms with E-state index in [1.54, 1.807) is 6.07 Å². The Bertz CT molecular complexity index is 1390. The molecule has 6 nitrogen and oxygen atoms in total. The standard InChI is InChI=1S/C27H27ClFN5O/c1-3-34-18(2)23(16-30-34)26-15-22(21-6-4-5-7-25(21)31-26)27(35)33-12-10-32(11-13-33)17-19-8-9-20(29)14-24(19)28/h4-9,14-16H,3,10-13,17H2,1-2H3. The van der Waals surface area contributed by atoms with E-state index in [0.29, 0.717) is 30.2 Å². The van der Waals surface area contributed by atoms with Crippen molar-refractivity contribution in [3.05, 3.63) is 82.4 Å². The van der Waals surface area contributed by atoms with Crippen LogP contribution in [0, 0.1) is 12.7 Å². The lowest BCUT2D eigenvalue weighted by Gasteiger charge is -2.35. The van der Waals surface area contributed by atoms with Gasteiger partial charge in [-0.15, -0.1) is 0 Å². The van der Waals surface area contributed by atoms with Gasteiger partial charge in [-0.3, -0.25) is 14.4 Å². The number of amides is 1. The summed E-state index contributed by atoms with van der Waals surface area (Å²) >= 11 is 6.21. The molecule has 2 aromatic carbocycles. The van der Waals surface area contributed by atoms with Crippen molar-refractivity contribution >= 4 is 28.4 Å². The van der Waals surface area contributed by atoms with Gasteiger partial charge in [0.1, 0.15) is 5.82 Å². The molecule has 0 unspecified atom stereocenters. The summed E-state index contributed by atoms with van der Waals surface area (Å²) in [6.07, 6.45) is 1.82. The Morgan fingerprint density at radius 1 is 1.09 bits per heavy atom. The molecule has 0 atom stereocenters. The highest BCUT2D eigenvalue weighted by Crippen LogP contribution is 2.28. The largest absolute Gasteiger partial charge is 0.336 e. The molecule has 1 fully saturated rings. The molecule has 180 valence electrons. The molecule has 1 aliphatic heterocycles. The molecule has 0 bridgehead atoms. The molecule has 0 radical (unpaired) electrons. The maximum atomic E-state index is 13.7. The number of carbonyl (C=O) groups excluding carboxylic acids is 1. The van der Waals surface area contributed by atoms with E-state index < -0.39 is 0 Å². The lowest BCUT2D eigenvalue weighted by Crippen LogP contribution is -2.48. The van der Waals surface area contributed by atoms with Crippen molar-refractivity contribution in [3.63, 3.8) is 0 Å². The highest BCUT2D eigenvalue weighted by molar-refractivity contribution is 6.31. The molecule has 1 aliphatic rings. The van der Waals surface area contributed by atoms with Crippen molar-refractivity contribution in [2.24, 2.45) is 0 Å². The van der Waals surface area contributed by atoms with Crippen LogP contribution in [0.15, 0.2) is 54.7 Å². The second kappa shape index (κ2) is 9.76. The zero-order valence-electron chi connectivity index (χ0n) is 19.8. The quantitative estimate of drug-likeness (QED) is 0.386. The summed E-state index contributed by atoms with van der Waals surface area (Å²) < 4.78 is 15.3. The highest BCUT2D eigenvalue weighted by Gasteiger charge is 2.25. The van der Waals surface area contributed by atoms with Gasteiger partial charge < -0.3 is 4.90 Å². The number of aromatic nitrogens is 3. The summed E-state index contributed by atoms with van der Waals surface area (Å²) in [5.41, 5.74) is 5.06. The van der Waals surface area contributed by atoms with E-state index in [2.05, 4.69) is 16.9 Å². The molecule has 4 aromatic rings. The molecule has 0 spiro atoms. The third kappa shape index (κ3) is 4.66. The highest BCUT2D eigenvalue weighted by atomic mass is 35.5. The summed E-state index contributed by atoms with van der Waals surface area (Å²) in [6.45, 7) is 8.14. The zero-order chi connectivity index (χ0) is 24.5. The zero-order valence-corrected chi connectivity index (χ0v) is 20.6. The number of hydrogen-bond acceptors (Lipinski definition) is 4. The fourth-order valence-electron chi connectivity index (χ4n) is 4.68. The third-order valence-electron chi connectivity index (χ3n) is 6.69.